The third-order valence-electron chi connectivity index (χ3n) is 5.06. The monoisotopic (exact) mass is 381 g/mol. The van der Waals surface area contributed by atoms with Gasteiger partial charge in [-0.25, -0.2) is 17.5 Å². The first kappa shape index (κ1) is 19.0. The maximum absolute atomic E-state index is 12.6. The van der Waals surface area contributed by atoms with Gasteiger partial charge in [-0.2, -0.15) is 0 Å². The van der Waals surface area contributed by atoms with Crippen LogP contribution in [0.1, 0.15) is 37.3 Å². The first-order valence-electron chi connectivity index (χ1n) is 9.12. The molecule has 0 aliphatic carbocycles. The summed E-state index contributed by atoms with van der Waals surface area (Å²) in [7, 11) is -1.51. The second-order valence-corrected chi connectivity index (χ2v) is 9.02. The highest BCUT2D eigenvalue weighted by atomic mass is 32.2. The summed E-state index contributed by atoms with van der Waals surface area (Å²) in [5, 5.41) is 3.06. The van der Waals surface area contributed by atoms with Crippen LogP contribution in [0.2, 0.25) is 0 Å². The molecule has 2 aliphatic heterocycles. The summed E-state index contributed by atoms with van der Waals surface area (Å²) in [6, 6.07) is 5.81. The van der Waals surface area contributed by atoms with Gasteiger partial charge in [0.05, 0.1) is 12.9 Å². The molecule has 1 aromatic carbocycles. The van der Waals surface area contributed by atoms with E-state index in [-0.39, 0.29) is 17.8 Å². The number of benzene rings is 1. The van der Waals surface area contributed by atoms with Gasteiger partial charge in [-0.1, -0.05) is 13.0 Å². The molecule has 1 aromatic rings. The van der Waals surface area contributed by atoms with E-state index in [1.165, 1.54) is 0 Å². The predicted octanol–water partition coefficient (Wildman–Crippen LogP) is 1.92. The van der Waals surface area contributed by atoms with E-state index in [0.29, 0.717) is 45.4 Å². The van der Waals surface area contributed by atoms with Crippen molar-refractivity contribution in [3.05, 3.63) is 29.3 Å². The maximum Gasteiger partial charge on any atom is 0.318 e. The quantitative estimate of drug-likeness (QED) is 0.845. The van der Waals surface area contributed by atoms with Crippen molar-refractivity contribution >= 4 is 16.1 Å². The molecule has 2 heterocycles. The van der Waals surface area contributed by atoms with Crippen LogP contribution < -0.4 is 10.1 Å². The van der Waals surface area contributed by atoms with Crippen LogP contribution in [0.25, 0.3) is 0 Å². The van der Waals surface area contributed by atoms with E-state index in [1.54, 1.807) is 16.3 Å². The Balaban J connectivity index is 1.51. The molecule has 2 amide bonds. The van der Waals surface area contributed by atoms with E-state index in [1.807, 2.05) is 25.1 Å². The van der Waals surface area contributed by atoms with E-state index in [4.69, 9.17) is 4.74 Å². The van der Waals surface area contributed by atoms with Crippen LogP contribution in [-0.2, 0) is 23.1 Å². The molecule has 0 radical (unpaired) electrons. The number of amides is 2. The molecular weight excluding hydrogens is 354 g/mol. The summed E-state index contributed by atoms with van der Waals surface area (Å²) in [5.41, 5.74) is 2.25. The molecule has 0 atom stereocenters. The zero-order valence-corrected chi connectivity index (χ0v) is 16.2. The van der Waals surface area contributed by atoms with Gasteiger partial charge in [0.2, 0.25) is 10.0 Å². The van der Waals surface area contributed by atoms with Crippen molar-refractivity contribution in [3.8, 4) is 5.75 Å². The average Bonchev–Trinajstić information content (AvgIpc) is 3.05. The normalized spacial score (nSPS) is 18.6. The largest absolute Gasteiger partial charge is 0.497 e. The van der Waals surface area contributed by atoms with Crippen LogP contribution >= 0.6 is 0 Å². The Labute approximate surface area is 155 Å². The van der Waals surface area contributed by atoms with Crippen molar-refractivity contribution in [2.45, 2.75) is 45.3 Å². The minimum Gasteiger partial charge on any atom is -0.497 e. The third kappa shape index (κ3) is 4.12. The fourth-order valence-corrected chi connectivity index (χ4v) is 5.11. The highest BCUT2D eigenvalue weighted by Gasteiger charge is 2.30. The number of methoxy groups -OCH3 is 1. The molecule has 26 heavy (non-hydrogen) atoms. The van der Waals surface area contributed by atoms with Crippen molar-refractivity contribution in [1.82, 2.24) is 14.5 Å². The Hall–Kier alpha value is -1.80. The van der Waals surface area contributed by atoms with Gasteiger partial charge in [0.15, 0.2) is 0 Å². The topological polar surface area (TPSA) is 79.0 Å². The van der Waals surface area contributed by atoms with Gasteiger partial charge >= 0.3 is 6.03 Å². The number of ether oxygens (including phenoxy) is 1. The Morgan fingerprint density at radius 2 is 1.92 bits per heavy atom. The molecule has 3 rings (SSSR count). The highest BCUT2D eigenvalue weighted by molar-refractivity contribution is 7.89. The lowest BCUT2D eigenvalue weighted by Crippen LogP contribution is -2.49. The van der Waals surface area contributed by atoms with Crippen molar-refractivity contribution in [2.24, 2.45) is 0 Å². The second kappa shape index (κ2) is 7.84. The predicted molar refractivity (Wildman–Crippen MR) is 99.4 cm³/mol. The van der Waals surface area contributed by atoms with Crippen molar-refractivity contribution < 1.29 is 17.9 Å². The second-order valence-electron chi connectivity index (χ2n) is 6.93. The van der Waals surface area contributed by atoms with E-state index < -0.39 is 10.0 Å². The fraction of sp³-hybridized carbons (Fsp3) is 0.611. The molecule has 7 nitrogen and oxygen atoms in total. The number of carbonyl (C=O) groups is 1. The van der Waals surface area contributed by atoms with Crippen LogP contribution in [0.5, 0.6) is 5.75 Å². The van der Waals surface area contributed by atoms with Crippen LogP contribution in [0.3, 0.4) is 0 Å². The lowest BCUT2D eigenvalue weighted by atomic mass is 10.1. The summed E-state index contributed by atoms with van der Waals surface area (Å²) in [6.45, 7) is 3.99. The lowest BCUT2D eigenvalue weighted by Gasteiger charge is -2.32. The number of hydrogen-bond acceptors (Lipinski definition) is 4. The molecular formula is C18H27N3O4S. The molecule has 1 N–H and O–H groups in total. The van der Waals surface area contributed by atoms with Gasteiger partial charge in [0, 0.05) is 32.2 Å². The number of rotatable bonds is 5. The van der Waals surface area contributed by atoms with E-state index >= 15 is 0 Å². The SMILES string of the molecule is CCCS(=O)(=O)N1CCC(NC(=O)N2Cc3ccc(OC)cc3C2)CC1. The van der Waals surface area contributed by atoms with Crippen LogP contribution in [0.4, 0.5) is 4.79 Å². The Morgan fingerprint density at radius 1 is 1.23 bits per heavy atom. The first-order valence-corrected chi connectivity index (χ1v) is 10.7. The smallest absolute Gasteiger partial charge is 0.318 e. The Morgan fingerprint density at radius 3 is 2.58 bits per heavy atom. The summed E-state index contributed by atoms with van der Waals surface area (Å²) >= 11 is 0. The third-order valence-corrected chi connectivity index (χ3v) is 7.14. The number of fused-ring (bicyclic) bond motifs is 1. The lowest BCUT2D eigenvalue weighted by molar-refractivity contribution is 0.187. The molecule has 0 spiro atoms. The minimum absolute atomic E-state index is 0.0221. The minimum atomic E-state index is -3.15. The summed E-state index contributed by atoms with van der Waals surface area (Å²) in [5.74, 6) is 0.992. The Kier molecular flexibility index (Phi) is 5.72. The summed E-state index contributed by atoms with van der Waals surface area (Å²) < 4.78 is 31.0. The van der Waals surface area contributed by atoms with Crippen molar-refractivity contribution in [2.75, 3.05) is 26.0 Å². The Bertz CT molecular complexity index is 758. The van der Waals surface area contributed by atoms with E-state index in [9.17, 15) is 13.2 Å². The molecule has 144 valence electrons. The van der Waals surface area contributed by atoms with Gasteiger partial charge in [0.1, 0.15) is 5.75 Å². The number of nitrogens with zero attached hydrogens (tertiary/aromatic N) is 2. The molecule has 0 bridgehead atoms. The van der Waals surface area contributed by atoms with E-state index in [2.05, 4.69) is 5.32 Å². The molecule has 0 saturated carbocycles. The van der Waals surface area contributed by atoms with Gasteiger partial charge in [-0.15, -0.1) is 0 Å². The highest BCUT2D eigenvalue weighted by Crippen LogP contribution is 2.27. The standard InChI is InChI=1S/C18H27N3O4S/c1-3-10-26(23,24)21-8-6-16(7-9-21)19-18(22)20-12-14-4-5-17(25-2)11-15(14)13-20/h4-5,11,16H,3,6-10,12-13H2,1-2H3,(H,19,22). The van der Waals surface area contributed by atoms with Gasteiger partial charge in [-0.05, 0) is 42.5 Å². The summed E-state index contributed by atoms with van der Waals surface area (Å²) in [6.07, 6.45) is 1.94. The number of sulfonamides is 1. The zero-order chi connectivity index (χ0) is 18.7. The number of piperidine rings is 1. The van der Waals surface area contributed by atoms with Gasteiger partial charge < -0.3 is 15.0 Å². The molecule has 8 heteroatoms. The van der Waals surface area contributed by atoms with Gasteiger partial charge in [-0.3, -0.25) is 0 Å². The molecule has 1 fully saturated rings. The maximum atomic E-state index is 12.6. The molecule has 0 aromatic heterocycles. The molecule has 0 unspecified atom stereocenters. The van der Waals surface area contributed by atoms with Crippen molar-refractivity contribution in [3.63, 3.8) is 0 Å². The fourth-order valence-electron chi connectivity index (χ4n) is 3.57. The average molecular weight is 381 g/mol. The summed E-state index contributed by atoms with van der Waals surface area (Å²) in [4.78, 5) is 14.4. The van der Waals surface area contributed by atoms with E-state index in [0.717, 1.165) is 16.9 Å². The van der Waals surface area contributed by atoms with Gasteiger partial charge in [0.25, 0.3) is 0 Å². The van der Waals surface area contributed by atoms with Crippen LogP contribution in [0.15, 0.2) is 18.2 Å². The number of urea groups is 1. The number of nitrogens with one attached hydrogen (secondary N) is 1. The number of carbonyl (C=O) groups excluding carboxylic acids is 1. The first-order chi connectivity index (χ1) is 12.4. The number of hydrogen-bond donors (Lipinski definition) is 1. The van der Waals surface area contributed by atoms with Crippen LogP contribution in [-0.4, -0.2) is 55.6 Å². The van der Waals surface area contributed by atoms with Crippen molar-refractivity contribution in [1.29, 1.82) is 0 Å². The van der Waals surface area contributed by atoms with Crippen LogP contribution in [0, 0.1) is 0 Å². The zero-order valence-electron chi connectivity index (χ0n) is 15.4. The molecule has 1 saturated heterocycles. The molecule has 2 aliphatic rings.